The maximum atomic E-state index is 12.3. The van der Waals surface area contributed by atoms with Crippen LogP contribution in [0, 0.1) is 5.92 Å². The Bertz CT molecular complexity index is 857. The summed E-state index contributed by atoms with van der Waals surface area (Å²) in [5.74, 6) is 1.99. The lowest BCUT2D eigenvalue weighted by Crippen LogP contribution is -2.37. The number of amides is 1. The second-order valence-corrected chi connectivity index (χ2v) is 6.02. The fraction of sp³-hybridized carbons (Fsp3) is 0.353. The van der Waals surface area contributed by atoms with Crippen molar-refractivity contribution in [3.63, 3.8) is 0 Å². The number of nitrogens with zero attached hydrogens (tertiary/aromatic N) is 5. The molecule has 1 amide bonds. The number of rotatable bonds is 5. The second-order valence-electron chi connectivity index (χ2n) is 6.02. The van der Waals surface area contributed by atoms with Crippen LogP contribution in [0.5, 0.6) is 0 Å². The highest BCUT2D eigenvalue weighted by atomic mass is 16.5. The number of hydrogen-bond donors (Lipinski definition) is 1. The van der Waals surface area contributed by atoms with Crippen molar-refractivity contribution < 1.29 is 9.32 Å². The molecule has 0 bridgehead atoms. The van der Waals surface area contributed by atoms with Crippen molar-refractivity contribution in [2.45, 2.75) is 25.8 Å². The number of carbonyl (C=O) groups excluding carboxylic acids is 1. The molecule has 8 nitrogen and oxygen atoms in total. The number of hydrogen-bond acceptors (Lipinski definition) is 6. The lowest BCUT2D eigenvalue weighted by Gasteiger charge is -2.21. The van der Waals surface area contributed by atoms with Gasteiger partial charge in [-0.2, -0.15) is 10.1 Å². The third-order valence-electron chi connectivity index (χ3n) is 4.31. The normalized spacial score (nSPS) is 16.4. The van der Waals surface area contributed by atoms with Crippen molar-refractivity contribution in [1.82, 2.24) is 30.2 Å². The molecule has 4 rings (SSSR count). The predicted octanol–water partition coefficient (Wildman–Crippen LogP) is 1.25. The van der Waals surface area contributed by atoms with Crippen LogP contribution in [0.3, 0.4) is 0 Å². The molecule has 8 heteroatoms. The third-order valence-corrected chi connectivity index (χ3v) is 4.31. The van der Waals surface area contributed by atoms with Crippen molar-refractivity contribution in [2.24, 2.45) is 5.92 Å². The number of benzene rings is 1. The lowest BCUT2D eigenvalue weighted by atomic mass is 9.99. The first-order chi connectivity index (χ1) is 12.3. The highest BCUT2D eigenvalue weighted by Gasteiger charge is 2.25. The first-order valence-corrected chi connectivity index (χ1v) is 8.32. The van der Waals surface area contributed by atoms with E-state index in [2.05, 4.69) is 25.5 Å². The minimum Gasteiger partial charge on any atom is -0.355 e. The second kappa shape index (κ2) is 6.84. The maximum Gasteiger partial charge on any atom is 0.257 e. The molecule has 0 fully saturated rings. The van der Waals surface area contributed by atoms with Gasteiger partial charge in [-0.25, -0.2) is 9.67 Å². The van der Waals surface area contributed by atoms with Gasteiger partial charge in [0.25, 0.3) is 5.89 Å². The fourth-order valence-electron chi connectivity index (χ4n) is 2.95. The summed E-state index contributed by atoms with van der Waals surface area (Å²) < 4.78 is 7.07. The molecule has 1 aliphatic heterocycles. The van der Waals surface area contributed by atoms with Gasteiger partial charge in [-0.1, -0.05) is 23.4 Å². The van der Waals surface area contributed by atoms with Gasteiger partial charge in [-0.3, -0.25) is 4.79 Å². The van der Waals surface area contributed by atoms with Crippen LogP contribution in [-0.2, 0) is 24.2 Å². The Hall–Kier alpha value is -3.03. The Morgan fingerprint density at radius 3 is 3.08 bits per heavy atom. The van der Waals surface area contributed by atoms with Crippen LogP contribution in [-0.4, -0.2) is 37.4 Å². The van der Waals surface area contributed by atoms with Gasteiger partial charge in [0.15, 0.2) is 5.82 Å². The molecular formula is C17H18N6O2. The van der Waals surface area contributed by atoms with Crippen molar-refractivity contribution >= 4 is 5.91 Å². The smallest absolute Gasteiger partial charge is 0.257 e. The average molecular weight is 338 g/mol. The highest BCUT2D eigenvalue weighted by Crippen LogP contribution is 2.18. The monoisotopic (exact) mass is 338 g/mol. The van der Waals surface area contributed by atoms with Gasteiger partial charge in [0.2, 0.25) is 5.91 Å². The standard InChI is InChI=1S/C17H18N6O2/c24-16(13-6-7-15-19-11-20-23(15)10-13)18-9-8-14-21-17(25-22-14)12-4-2-1-3-5-12/h1-5,11,13H,6-10H2,(H,18,24). The van der Waals surface area contributed by atoms with Gasteiger partial charge >= 0.3 is 0 Å². The zero-order valence-corrected chi connectivity index (χ0v) is 13.6. The zero-order chi connectivity index (χ0) is 17.1. The van der Waals surface area contributed by atoms with E-state index >= 15 is 0 Å². The largest absolute Gasteiger partial charge is 0.355 e. The number of carbonyl (C=O) groups is 1. The third kappa shape index (κ3) is 3.42. The van der Waals surface area contributed by atoms with Gasteiger partial charge in [0.1, 0.15) is 12.2 Å². The van der Waals surface area contributed by atoms with Crippen molar-refractivity contribution in [3.05, 3.63) is 48.3 Å². The van der Waals surface area contributed by atoms with Gasteiger partial charge in [0, 0.05) is 24.9 Å². The maximum absolute atomic E-state index is 12.3. The van der Waals surface area contributed by atoms with Crippen molar-refractivity contribution in [2.75, 3.05) is 6.54 Å². The summed E-state index contributed by atoms with van der Waals surface area (Å²) in [7, 11) is 0. The van der Waals surface area contributed by atoms with E-state index in [1.165, 1.54) is 6.33 Å². The quantitative estimate of drug-likeness (QED) is 0.752. The Labute approximate surface area is 144 Å². The van der Waals surface area contributed by atoms with Crippen LogP contribution in [0.2, 0.25) is 0 Å². The molecule has 1 aliphatic rings. The van der Waals surface area contributed by atoms with E-state index in [0.717, 1.165) is 24.2 Å². The van der Waals surface area contributed by atoms with Crippen LogP contribution in [0.15, 0.2) is 41.2 Å². The van der Waals surface area contributed by atoms with Crippen LogP contribution in [0.4, 0.5) is 0 Å². The summed E-state index contributed by atoms with van der Waals surface area (Å²) >= 11 is 0. The van der Waals surface area contributed by atoms with E-state index in [1.54, 1.807) is 4.68 Å². The highest BCUT2D eigenvalue weighted by molar-refractivity contribution is 5.78. The topological polar surface area (TPSA) is 98.7 Å². The molecule has 1 unspecified atom stereocenters. The van der Waals surface area contributed by atoms with E-state index in [0.29, 0.717) is 31.2 Å². The Morgan fingerprint density at radius 2 is 2.20 bits per heavy atom. The van der Waals surface area contributed by atoms with Gasteiger partial charge in [-0.05, 0) is 18.6 Å². The summed E-state index contributed by atoms with van der Waals surface area (Å²) in [4.78, 5) is 20.8. The van der Waals surface area contributed by atoms with E-state index in [4.69, 9.17) is 4.52 Å². The molecule has 0 radical (unpaired) electrons. The molecule has 128 valence electrons. The molecule has 3 aromatic rings. The number of nitrogens with one attached hydrogen (secondary N) is 1. The fourth-order valence-corrected chi connectivity index (χ4v) is 2.95. The van der Waals surface area contributed by atoms with E-state index < -0.39 is 0 Å². The molecule has 3 heterocycles. The zero-order valence-electron chi connectivity index (χ0n) is 13.6. The lowest BCUT2D eigenvalue weighted by molar-refractivity contribution is -0.126. The minimum absolute atomic E-state index is 0.0351. The van der Waals surface area contributed by atoms with E-state index in [-0.39, 0.29) is 11.8 Å². The van der Waals surface area contributed by atoms with Crippen LogP contribution >= 0.6 is 0 Å². The van der Waals surface area contributed by atoms with E-state index in [9.17, 15) is 4.79 Å². The number of aromatic nitrogens is 5. The van der Waals surface area contributed by atoms with Gasteiger partial charge in [-0.15, -0.1) is 0 Å². The van der Waals surface area contributed by atoms with Crippen molar-refractivity contribution in [3.8, 4) is 11.5 Å². The Balaban J connectivity index is 1.28. The molecule has 2 aromatic heterocycles. The van der Waals surface area contributed by atoms with Crippen molar-refractivity contribution in [1.29, 1.82) is 0 Å². The summed E-state index contributed by atoms with van der Waals surface area (Å²) in [6.07, 6.45) is 3.65. The first kappa shape index (κ1) is 15.5. The molecule has 0 aliphatic carbocycles. The predicted molar refractivity (Wildman–Crippen MR) is 88.3 cm³/mol. The van der Waals surface area contributed by atoms with E-state index in [1.807, 2.05) is 30.3 Å². The van der Waals surface area contributed by atoms with Crippen LogP contribution < -0.4 is 5.32 Å². The Morgan fingerprint density at radius 1 is 1.32 bits per heavy atom. The van der Waals surface area contributed by atoms with Gasteiger partial charge < -0.3 is 9.84 Å². The summed E-state index contributed by atoms with van der Waals surface area (Å²) in [5.41, 5.74) is 0.885. The summed E-state index contributed by atoms with van der Waals surface area (Å²) in [6, 6.07) is 9.61. The average Bonchev–Trinajstić information content (AvgIpc) is 3.31. The molecule has 0 saturated heterocycles. The molecule has 0 saturated carbocycles. The molecule has 1 aromatic carbocycles. The molecule has 1 N–H and O–H groups in total. The SMILES string of the molecule is O=C(NCCc1noc(-c2ccccc2)n1)C1CCc2ncnn2C1. The first-order valence-electron chi connectivity index (χ1n) is 8.32. The van der Waals surface area contributed by atoms with Crippen LogP contribution in [0.25, 0.3) is 11.5 Å². The molecular weight excluding hydrogens is 320 g/mol. The molecule has 1 atom stereocenters. The van der Waals surface area contributed by atoms with Gasteiger partial charge in [0.05, 0.1) is 12.5 Å². The summed E-state index contributed by atoms with van der Waals surface area (Å²) in [5, 5.41) is 11.1. The number of fused-ring (bicyclic) bond motifs is 1. The number of aryl methyl sites for hydroxylation is 1. The molecule has 25 heavy (non-hydrogen) atoms. The summed E-state index contributed by atoms with van der Waals surface area (Å²) in [6.45, 7) is 1.06. The Kier molecular flexibility index (Phi) is 4.24. The minimum atomic E-state index is -0.0700. The van der Waals surface area contributed by atoms with Crippen LogP contribution in [0.1, 0.15) is 18.1 Å². The molecule has 0 spiro atoms.